The highest BCUT2D eigenvalue weighted by molar-refractivity contribution is 7.10. The number of hydrogen-bond donors (Lipinski definition) is 1. The summed E-state index contributed by atoms with van der Waals surface area (Å²) in [5.41, 5.74) is 3.41. The molecule has 0 bridgehead atoms. The van der Waals surface area contributed by atoms with Crippen LogP contribution in [0.25, 0.3) is 0 Å². The number of aryl methyl sites for hydroxylation is 1. The number of aliphatic hydroxyl groups excluding tert-OH is 1. The number of piperazine rings is 1. The van der Waals surface area contributed by atoms with Crippen LogP contribution in [-0.4, -0.2) is 52.6 Å². The number of aliphatic hydroxyl groups is 1. The van der Waals surface area contributed by atoms with Crippen molar-refractivity contribution in [3.8, 4) is 0 Å². The molecule has 1 saturated heterocycles. The van der Waals surface area contributed by atoms with Crippen LogP contribution in [0.4, 0.5) is 5.00 Å². The summed E-state index contributed by atoms with van der Waals surface area (Å²) >= 11 is 1.57. The fraction of sp³-hybridized carbons (Fsp3) is 0.812. The zero-order valence-electron chi connectivity index (χ0n) is 24.1. The molecule has 38 heavy (non-hydrogen) atoms. The fourth-order valence-corrected chi connectivity index (χ4v) is 10.8. The largest absolute Gasteiger partial charge is 0.393 e. The predicted octanol–water partition coefficient (Wildman–Crippen LogP) is 6.46. The first-order valence-corrected chi connectivity index (χ1v) is 16.3. The van der Waals surface area contributed by atoms with Gasteiger partial charge in [0, 0.05) is 32.6 Å². The highest BCUT2D eigenvalue weighted by Gasteiger charge is 2.59. The second-order valence-corrected chi connectivity index (χ2v) is 14.9. The van der Waals surface area contributed by atoms with Gasteiger partial charge in [0.25, 0.3) is 0 Å². The van der Waals surface area contributed by atoms with E-state index in [2.05, 4.69) is 47.1 Å². The van der Waals surface area contributed by atoms with Crippen LogP contribution < -0.4 is 4.90 Å². The summed E-state index contributed by atoms with van der Waals surface area (Å²) in [6, 6.07) is 2.16. The van der Waals surface area contributed by atoms with Crippen molar-refractivity contribution in [3.05, 3.63) is 23.4 Å². The third-order valence-corrected chi connectivity index (χ3v) is 13.2. The summed E-state index contributed by atoms with van der Waals surface area (Å²) in [5.74, 6) is 4.17. The van der Waals surface area contributed by atoms with Crippen LogP contribution in [-0.2, 0) is 4.79 Å². The van der Waals surface area contributed by atoms with Gasteiger partial charge in [0.15, 0.2) is 0 Å². The van der Waals surface area contributed by atoms with E-state index in [9.17, 15) is 9.90 Å². The summed E-state index contributed by atoms with van der Waals surface area (Å²) in [5, 5.41) is 11.5. The minimum atomic E-state index is -0.120. The van der Waals surface area contributed by atoms with Gasteiger partial charge in [0.05, 0.1) is 11.8 Å². The van der Waals surface area contributed by atoms with Crippen molar-refractivity contribution < 1.29 is 9.90 Å². The molecule has 4 aliphatic carbocycles. The Bertz CT molecular complexity index is 1060. The topological polar surface area (TPSA) is 56.7 Å². The summed E-state index contributed by atoms with van der Waals surface area (Å²) in [7, 11) is 0. The molecule has 1 aromatic heterocycles. The van der Waals surface area contributed by atoms with Gasteiger partial charge in [0.2, 0.25) is 5.91 Å². The highest BCUT2D eigenvalue weighted by Crippen LogP contribution is 2.67. The molecule has 0 unspecified atom stereocenters. The molecule has 2 heterocycles. The van der Waals surface area contributed by atoms with E-state index >= 15 is 0 Å². The molecule has 4 fully saturated rings. The van der Waals surface area contributed by atoms with E-state index in [1.807, 2.05) is 6.92 Å². The molecule has 0 spiro atoms. The lowest BCUT2D eigenvalue weighted by Gasteiger charge is -2.58. The number of hydrogen-bond acceptors (Lipinski definition) is 5. The van der Waals surface area contributed by atoms with Crippen LogP contribution in [0.1, 0.15) is 90.7 Å². The van der Waals surface area contributed by atoms with Crippen molar-refractivity contribution in [2.75, 3.05) is 31.1 Å². The van der Waals surface area contributed by atoms with Gasteiger partial charge < -0.3 is 14.9 Å². The average Bonchev–Trinajstić information content (AvgIpc) is 3.50. The molecule has 1 aliphatic heterocycles. The molecule has 5 nitrogen and oxygen atoms in total. The molecular weight excluding hydrogens is 490 g/mol. The minimum Gasteiger partial charge on any atom is -0.393 e. The normalized spacial score (nSPS) is 39.7. The quantitative estimate of drug-likeness (QED) is 0.437. The van der Waals surface area contributed by atoms with Crippen LogP contribution >= 0.6 is 11.5 Å². The Morgan fingerprint density at radius 1 is 1.13 bits per heavy atom. The SMILES string of the molecule is Cc1cc(N2CCN(C(=O)CC[C@@H](C)[C@H]3CC[C@H]4[C@@H]5CC=C6C[C@@H](O)CC[C@]6(C)[C@H]5CC[C@]34C)CC2)sn1. The standard InChI is InChI=1S/C32H49N3O2S/c1-21(5-10-29(37)34-15-17-35(18-16-34)30-19-22(2)33-38-30)26-8-9-27-25-7-6-23-20-24(36)11-13-31(23,3)28(25)12-14-32(26,27)4/h6,19,21,24-28,36H,5,7-18,20H2,1-4H3/t21-,24+,25+,26-,27+,28+,31+,32-/m1/s1. The van der Waals surface area contributed by atoms with Crippen molar-refractivity contribution in [2.24, 2.45) is 40.4 Å². The van der Waals surface area contributed by atoms with Crippen molar-refractivity contribution in [2.45, 2.75) is 98.0 Å². The molecule has 6 heteroatoms. The second kappa shape index (κ2) is 10.2. The number of allylic oxidation sites excluding steroid dienone is 1. The van der Waals surface area contributed by atoms with E-state index in [1.165, 1.54) is 43.5 Å². The number of carbonyl (C=O) groups excluding carboxylic acids is 1. The van der Waals surface area contributed by atoms with Crippen molar-refractivity contribution in [3.63, 3.8) is 0 Å². The van der Waals surface area contributed by atoms with E-state index in [0.717, 1.165) is 74.8 Å². The average molecular weight is 540 g/mol. The zero-order chi connectivity index (χ0) is 26.7. The van der Waals surface area contributed by atoms with Crippen LogP contribution in [0, 0.1) is 47.3 Å². The molecule has 8 atom stereocenters. The molecule has 5 aliphatic rings. The Morgan fingerprint density at radius 3 is 2.66 bits per heavy atom. The first kappa shape index (κ1) is 26.8. The summed E-state index contributed by atoms with van der Waals surface area (Å²) < 4.78 is 4.42. The molecule has 3 saturated carbocycles. The molecule has 210 valence electrons. The first-order chi connectivity index (χ1) is 18.2. The highest BCUT2D eigenvalue weighted by atomic mass is 32.1. The second-order valence-electron chi connectivity index (χ2n) is 14.1. The number of amides is 1. The van der Waals surface area contributed by atoms with E-state index < -0.39 is 0 Å². The van der Waals surface area contributed by atoms with Gasteiger partial charge in [0.1, 0.15) is 5.00 Å². The maximum Gasteiger partial charge on any atom is 0.222 e. The van der Waals surface area contributed by atoms with Gasteiger partial charge >= 0.3 is 0 Å². The van der Waals surface area contributed by atoms with Crippen LogP contribution in [0.5, 0.6) is 0 Å². The lowest BCUT2D eigenvalue weighted by molar-refractivity contribution is -0.132. The third kappa shape index (κ3) is 4.56. The van der Waals surface area contributed by atoms with E-state index in [0.29, 0.717) is 29.1 Å². The number of carbonyl (C=O) groups is 1. The van der Waals surface area contributed by atoms with Gasteiger partial charge in [-0.05, 0) is 123 Å². The number of anilines is 1. The summed E-state index contributed by atoms with van der Waals surface area (Å²) in [4.78, 5) is 17.7. The number of nitrogens with zero attached hydrogens (tertiary/aromatic N) is 3. The number of fused-ring (bicyclic) bond motifs is 5. The van der Waals surface area contributed by atoms with Crippen molar-refractivity contribution >= 4 is 22.4 Å². The zero-order valence-corrected chi connectivity index (χ0v) is 24.9. The number of rotatable bonds is 5. The van der Waals surface area contributed by atoms with Crippen LogP contribution in [0.2, 0.25) is 0 Å². The summed E-state index contributed by atoms with van der Waals surface area (Å²) in [6.07, 6.45) is 13.9. The Balaban J connectivity index is 1.04. The van der Waals surface area contributed by atoms with Crippen LogP contribution in [0.3, 0.4) is 0 Å². The minimum absolute atomic E-state index is 0.120. The molecule has 0 radical (unpaired) electrons. The predicted molar refractivity (Wildman–Crippen MR) is 155 cm³/mol. The Hall–Kier alpha value is -1.40. The van der Waals surface area contributed by atoms with E-state index in [4.69, 9.17) is 0 Å². The fourth-order valence-electron chi connectivity index (χ4n) is 10.0. The van der Waals surface area contributed by atoms with Gasteiger partial charge in [-0.2, -0.15) is 4.37 Å². The summed E-state index contributed by atoms with van der Waals surface area (Å²) in [6.45, 7) is 13.2. The first-order valence-electron chi connectivity index (χ1n) is 15.5. The van der Waals surface area contributed by atoms with E-state index in [1.54, 1.807) is 17.1 Å². The monoisotopic (exact) mass is 539 g/mol. The Morgan fingerprint density at radius 2 is 1.92 bits per heavy atom. The smallest absolute Gasteiger partial charge is 0.222 e. The molecule has 1 N–H and O–H groups in total. The Kier molecular flexibility index (Phi) is 7.20. The lowest BCUT2D eigenvalue weighted by Crippen LogP contribution is -2.51. The van der Waals surface area contributed by atoms with Crippen molar-refractivity contribution in [1.82, 2.24) is 9.27 Å². The maximum atomic E-state index is 13.2. The third-order valence-electron chi connectivity index (χ3n) is 12.2. The lowest BCUT2D eigenvalue weighted by atomic mass is 9.47. The molecule has 1 aromatic rings. The van der Waals surface area contributed by atoms with Crippen LogP contribution in [0.15, 0.2) is 17.7 Å². The molecule has 0 aromatic carbocycles. The van der Waals surface area contributed by atoms with Gasteiger partial charge in [-0.15, -0.1) is 0 Å². The molecule has 6 rings (SSSR count). The Labute approximate surface area is 234 Å². The maximum absolute atomic E-state index is 13.2. The number of aromatic nitrogens is 1. The van der Waals surface area contributed by atoms with Gasteiger partial charge in [-0.1, -0.05) is 32.4 Å². The molecule has 1 amide bonds. The van der Waals surface area contributed by atoms with E-state index in [-0.39, 0.29) is 6.10 Å². The van der Waals surface area contributed by atoms with Gasteiger partial charge in [-0.25, -0.2) is 0 Å². The molecular formula is C32H49N3O2S. The van der Waals surface area contributed by atoms with Crippen molar-refractivity contribution in [1.29, 1.82) is 0 Å². The van der Waals surface area contributed by atoms with Gasteiger partial charge in [-0.3, -0.25) is 4.79 Å².